The molecule has 0 bridgehead atoms. The van der Waals surface area contributed by atoms with Crippen LogP contribution in [0.2, 0.25) is 8.67 Å². The molecular weight excluding hydrogens is 417 g/mol. The van der Waals surface area contributed by atoms with Crippen LogP contribution in [0.15, 0.2) is 33.6 Å². The summed E-state index contributed by atoms with van der Waals surface area (Å²) >= 11 is 16.1. The van der Waals surface area contributed by atoms with Gasteiger partial charge in [-0.25, -0.2) is 13.1 Å². The van der Waals surface area contributed by atoms with Crippen LogP contribution in [0.4, 0.5) is 0 Å². The second-order valence-electron chi connectivity index (χ2n) is 4.55. The van der Waals surface area contributed by atoms with Gasteiger partial charge in [0, 0.05) is 6.04 Å². The summed E-state index contributed by atoms with van der Waals surface area (Å²) in [5, 5.41) is 0. The third kappa shape index (κ3) is 3.81. The molecule has 0 aliphatic rings. The number of hydrogen-bond acceptors (Lipinski definition) is 3. The maximum Gasteiger partial charge on any atom is 0.244 e. The van der Waals surface area contributed by atoms with Gasteiger partial charge in [-0.1, -0.05) is 53.0 Å². The Bertz CT molecular complexity index is 757. The second kappa shape index (κ2) is 6.56. The van der Waals surface area contributed by atoms with Crippen LogP contribution in [0, 0.1) is 6.92 Å². The van der Waals surface area contributed by atoms with Crippen LogP contribution in [0.5, 0.6) is 0 Å². The van der Waals surface area contributed by atoms with Crippen molar-refractivity contribution in [3.63, 3.8) is 0 Å². The molecule has 0 aliphatic heterocycles. The highest BCUT2D eigenvalue weighted by Crippen LogP contribution is 2.43. The first-order chi connectivity index (χ1) is 9.72. The van der Waals surface area contributed by atoms with E-state index in [4.69, 9.17) is 23.2 Å². The molecule has 0 spiro atoms. The predicted molar refractivity (Wildman–Crippen MR) is 92.0 cm³/mol. The van der Waals surface area contributed by atoms with E-state index in [1.807, 2.05) is 31.2 Å². The summed E-state index contributed by atoms with van der Waals surface area (Å²) in [6, 6.07) is 7.27. The molecule has 2 aromatic rings. The molecule has 1 heterocycles. The lowest BCUT2D eigenvalue weighted by Gasteiger charge is -2.15. The molecule has 1 aromatic carbocycles. The first-order valence-electron chi connectivity index (χ1n) is 5.94. The lowest BCUT2D eigenvalue weighted by Crippen LogP contribution is -2.27. The number of aryl methyl sites for hydroxylation is 1. The number of hydrogen-bond donors (Lipinski definition) is 1. The number of sulfonamides is 1. The number of halogens is 3. The Balaban J connectivity index is 2.31. The first-order valence-corrected chi connectivity index (χ1v) is 9.79. The minimum atomic E-state index is -3.76. The second-order valence-corrected chi connectivity index (χ2v) is 9.21. The monoisotopic (exact) mass is 427 g/mol. The topological polar surface area (TPSA) is 46.2 Å². The fourth-order valence-corrected chi connectivity index (χ4v) is 6.57. The number of rotatable bonds is 4. The molecule has 1 N–H and O–H groups in total. The van der Waals surface area contributed by atoms with Crippen LogP contribution in [-0.2, 0) is 10.0 Å². The van der Waals surface area contributed by atoms with Gasteiger partial charge in [0.25, 0.3) is 0 Å². The van der Waals surface area contributed by atoms with Crippen molar-refractivity contribution in [1.29, 1.82) is 0 Å². The minimum Gasteiger partial charge on any atom is -0.207 e. The van der Waals surface area contributed by atoms with Gasteiger partial charge in [0.1, 0.15) is 13.6 Å². The number of nitrogens with one attached hydrogen (secondary N) is 1. The van der Waals surface area contributed by atoms with E-state index in [2.05, 4.69) is 20.7 Å². The Morgan fingerprint density at radius 1 is 1.19 bits per heavy atom. The summed E-state index contributed by atoms with van der Waals surface area (Å²) in [5.74, 6) is 0. The molecule has 0 saturated heterocycles. The lowest BCUT2D eigenvalue weighted by atomic mass is 10.1. The fourth-order valence-electron chi connectivity index (χ4n) is 1.78. The SMILES string of the molecule is Cc1ccc(C(C)NS(=O)(=O)c2c(Cl)sc(Cl)c2Br)cc1. The molecule has 1 atom stereocenters. The minimum absolute atomic E-state index is 0.0156. The average Bonchev–Trinajstić information content (AvgIpc) is 2.63. The van der Waals surface area contributed by atoms with Gasteiger partial charge in [-0.05, 0) is 35.3 Å². The molecule has 0 radical (unpaired) electrons. The number of thiophene rings is 1. The van der Waals surface area contributed by atoms with Crippen molar-refractivity contribution in [3.8, 4) is 0 Å². The van der Waals surface area contributed by atoms with Gasteiger partial charge < -0.3 is 0 Å². The summed E-state index contributed by atoms with van der Waals surface area (Å²) in [5.41, 5.74) is 1.99. The van der Waals surface area contributed by atoms with Crippen LogP contribution in [0.25, 0.3) is 0 Å². The molecule has 0 amide bonds. The van der Waals surface area contributed by atoms with Crippen LogP contribution in [-0.4, -0.2) is 8.42 Å². The van der Waals surface area contributed by atoms with E-state index in [-0.39, 0.29) is 15.3 Å². The Morgan fingerprint density at radius 3 is 2.24 bits per heavy atom. The largest absolute Gasteiger partial charge is 0.244 e. The third-order valence-corrected chi connectivity index (χ3v) is 7.91. The number of benzene rings is 1. The maximum atomic E-state index is 12.5. The normalized spacial score (nSPS) is 13.4. The Kier molecular flexibility index (Phi) is 5.39. The molecular formula is C13H12BrCl2NO2S2. The van der Waals surface area contributed by atoms with Crippen molar-refractivity contribution >= 4 is 60.5 Å². The van der Waals surface area contributed by atoms with Crippen molar-refractivity contribution < 1.29 is 8.42 Å². The summed E-state index contributed by atoms with van der Waals surface area (Å²) in [4.78, 5) is -0.0156. The van der Waals surface area contributed by atoms with E-state index in [0.29, 0.717) is 8.81 Å². The summed E-state index contributed by atoms with van der Waals surface area (Å²) in [6.45, 7) is 3.75. The van der Waals surface area contributed by atoms with Crippen molar-refractivity contribution in [1.82, 2.24) is 4.72 Å². The highest BCUT2D eigenvalue weighted by Gasteiger charge is 2.27. The zero-order valence-electron chi connectivity index (χ0n) is 11.2. The zero-order chi connectivity index (χ0) is 15.8. The van der Waals surface area contributed by atoms with Gasteiger partial charge >= 0.3 is 0 Å². The predicted octanol–water partition coefficient (Wildman–Crippen LogP) is 5.17. The molecule has 0 saturated carbocycles. The van der Waals surface area contributed by atoms with E-state index in [0.717, 1.165) is 22.5 Å². The molecule has 114 valence electrons. The van der Waals surface area contributed by atoms with Gasteiger partial charge in [0.05, 0.1) is 4.47 Å². The van der Waals surface area contributed by atoms with E-state index in [1.165, 1.54) is 0 Å². The van der Waals surface area contributed by atoms with Gasteiger partial charge in [-0.3, -0.25) is 0 Å². The Morgan fingerprint density at radius 2 is 1.76 bits per heavy atom. The highest BCUT2D eigenvalue weighted by atomic mass is 79.9. The van der Waals surface area contributed by atoms with Crippen molar-refractivity contribution in [2.45, 2.75) is 24.8 Å². The lowest BCUT2D eigenvalue weighted by molar-refractivity contribution is 0.567. The average molecular weight is 429 g/mol. The van der Waals surface area contributed by atoms with E-state index < -0.39 is 10.0 Å². The van der Waals surface area contributed by atoms with E-state index >= 15 is 0 Å². The van der Waals surface area contributed by atoms with E-state index in [9.17, 15) is 8.42 Å². The molecule has 0 aliphatic carbocycles. The van der Waals surface area contributed by atoms with Crippen LogP contribution in [0.1, 0.15) is 24.1 Å². The first kappa shape index (κ1) is 17.2. The summed E-state index contributed by atoms with van der Waals surface area (Å²) in [6.07, 6.45) is 0. The quantitative estimate of drug-likeness (QED) is 0.730. The van der Waals surface area contributed by atoms with Gasteiger partial charge in [-0.15, -0.1) is 11.3 Å². The highest BCUT2D eigenvalue weighted by molar-refractivity contribution is 9.10. The summed E-state index contributed by atoms with van der Waals surface area (Å²) in [7, 11) is -3.76. The molecule has 0 fully saturated rings. The summed E-state index contributed by atoms with van der Waals surface area (Å²) < 4.78 is 28.3. The van der Waals surface area contributed by atoms with Crippen molar-refractivity contribution in [3.05, 3.63) is 48.5 Å². The standard InChI is InChI=1S/C13H12BrCl2NO2S2/c1-7-3-5-9(6-4-7)8(2)17-21(18,19)11-10(14)12(15)20-13(11)16/h3-6,8,17H,1-2H3. The molecule has 8 heteroatoms. The maximum absolute atomic E-state index is 12.5. The fraction of sp³-hybridized carbons (Fsp3) is 0.231. The van der Waals surface area contributed by atoms with Crippen LogP contribution >= 0.6 is 50.5 Å². The van der Waals surface area contributed by atoms with Crippen molar-refractivity contribution in [2.75, 3.05) is 0 Å². The van der Waals surface area contributed by atoms with E-state index in [1.54, 1.807) is 6.92 Å². The van der Waals surface area contributed by atoms with Crippen molar-refractivity contribution in [2.24, 2.45) is 0 Å². The molecule has 1 unspecified atom stereocenters. The molecule has 3 nitrogen and oxygen atoms in total. The zero-order valence-corrected chi connectivity index (χ0v) is 15.9. The third-order valence-electron chi connectivity index (χ3n) is 2.91. The molecule has 2 rings (SSSR count). The van der Waals surface area contributed by atoms with Gasteiger partial charge in [0.2, 0.25) is 10.0 Å². The molecule has 21 heavy (non-hydrogen) atoms. The van der Waals surface area contributed by atoms with Gasteiger partial charge in [0.15, 0.2) is 0 Å². The smallest absolute Gasteiger partial charge is 0.207 e. The van der Waals surface area contributed by atoms with Crippen LogP contribution in [0.3, 0.4) is 0 Å². The molecule has 1 aromatic heterocycles. The Labute approximate surface area is 146 Å². The van der Waals surface area contributed by atoms with Crippen LogP contribution < -0.4 is 4.72 Å². The Hall–Kier alpha value is -0.110. The van der Waals surface area contributed by atoms with Gasteiger partial charge in [-0.2, -0.15) is 0 Å².